The first-order chi connectivity index (χ1) is 9.47. The maximum absolute atomic E-state index is 13.2. The number of aromatic nitrogens is 2. The first kappa shape index (κ1) is 14.5. The molecule has 0 bridgehead atoms. The molecule has 2 aromatic rings. The number of nitrogens with two attached hydrogens (primary N) is 1. The molecule has 0 aliphatic heterocycles. The Hall–Kier alpha value is -1.95. The van der Waals surface area contributed by atoms with E-state index in [1.54, 1.807) is 13.0 Å². The number of nitrogens with zero attached hydrogens (tertiary/aromatic N) is 2. The Morgan fingerprint density at radius 2 is 2.10 bits per heavy atom. The summed E-state index contributed by atoms with van der Waals surface area (Å²) >= 11 is 0. The fraction of sp³-hybridized carbons (Fsp3) is 0.429. The van der Waals surface area contributed by atoms with Crippen LogP contribution in [-0.4, -0.2) is 10.1 Å². The Bertz CT molecular complexity index is 582. The van der Waals surface area contributed by atoms with Crippen LogP contribution in [0.3, 0.4) is 0 Å². The van der Waals surface area contributed by atoms with Gasteiger partial charge in [0.05, 0.1) is 0 Å². The molecule has 0 saturated heterocycles. The van der Waals surface area contributed by atoms with Gasteiger partial charge in [0.25, 0.3) is 0 Å². The van der Waals surface area contributed by atoms with Crippen molar-refractivity contribution >= 4 is 0 Å². The van der Waals surface area contributed by atoms with E-state index in [0.29, 0.717) is 23.0 Å². The number of benzene rings is 1. The standard InChI is InChI=1S/C14H18FN3O2/c1-8(2)14-17-13(18-20-14)7-19-12-5-4-10(15)6-11(12)9(3)16/h4-6,8-9H,7,16H2,1-3H3/t9-/m0/s1. The zero-order valence-electron chi connectivity index (χ0n) is 11.8. The largest absolute Gasteiger partial charge is 0.485 e. The maximum Gasteiger partial charge on any atom is 0.229 e. The van der Waals surface area contributed by atoms with Gasteiger partial charge in [-0.3, -0.25) is 0 Å². The highest BCUT2D eigenvalue weighted by molar-refractivity contribution is 5.36. The third-order valence-electron chi connectivity index (χ3n) is 2.80. The quantitative estimate of drug-likeness (QED) is 0.910. The van der Waals surface area contributed by atoms with Crippen LogP contribution < -0.4 is 10.5 Å². The van der Waals surface area contributed by atoms with Gasteiger partial charge in [-0.15, -0.1) is 0 Å². The summed E-state index contributed by atoms with van der Waals surface area (Å²) in [6, 6.07) is 3.93. The smallest absolute Gasteiger partial charge is 0.229 e. The second-order valence-corrected chi connectivity index (χ2v) is 4.96. The molecule has 6 heteroatoms. The SMILES string of the molecule is CC(C)c1nc(COc2ccc(F)cc2[C@H](C)N)no1. The van der Waals surface area contributed by atoms with Crippen LogP contribution in [0.1, 0.15) is 50.0 Å². The average Bonchev–Trinajstić information content (AvgIpc) is 2.86. The maximum atomic E-state index is 13.2. The van der Waals surface area contributed by atoms with E-state index in [4.69, 9.17) is 15.0 Å². The minimum atomic E-state index is -0.341. The molecule has 0 amide bonds. The van der Waals surface area contributed by atoms with E-state index >= 15 is 0 Å². The third-order valence-corrected chi connectivity index (χ3v) is 2.80. The zero-order valence-corrected chi connectivity index (χ0v) is 11.8. The lowest BCUT2D eigenvalue weighted by molar-refractivity contribution is 0.280. The molecule has 0 unspecified atom stereocenters. The van der Waals surface area contributed by atoms with Gasteiger partial charge in [0.1, 0.15) is 11.6 Å². The van der Waals surface area contributed by atoms with Gasteiger partial charge in [0.15, 0.2) is 6.61 Å². The molecule has 5 nitrogen and oxygen atoms in total. The Kier molecular flexibility index (Phi) is 4.34. The second kappa shape index (κ2) is 6.00. The monoisotopic (exact) mass is 279 g/mol. The highest BCUT2D eigenvalue weighted by Gasteiger charge is 2.13. The molecule has 1 atom stereocenters. The van der Waals surface area contributed by atoms with Crippen molar-refractivity contribution in [3.05, 3.63) is 41.3 Å². The van der Waals surface area contributed by atoms with Gasteiger partial charge >= 0.3 is 0 Å². The van der Waals surface area contributed by atoms with Crippen molar-refractivity contribution in [2.75, 3.05) is 0 Å². The number of rotatable bonds is 5. The van der Waals surface area contributed by atoms with Crippen LogP contribution in [0.4, 0.5) is 4.39 Å². The predicted octanol–water partition coefficient (Wildman–Crippen LogP) is 2.93. The number of hydrogen-bond donors (Lipinski definition) is 1. The summed E-state index contributed by atoms with van der Waals surface area (Å²) in [6.45, 7) is 5.85. The van der Waals surface area contributed by atoms with Crippen LogP contribution in [0.5, 0.6) is 5.75 Å². The molecule has 2 rings (SSSR count). The first-order valence-electron chi connectivity index (χ1n) is 6.47. The molecule has 1 aromatic heterocycles. The Morgan fingerprint density at radius 3 is 2.70 bits per heavy atom. The lowest BCUT2D eigenvalue weighted by Crippen LogP contribution is -2.09. The number of halogens is 1. The molecule has 0 aliphatic rings. The topological polar surface area (TPSA) is 74.2 Å². The van der Waals surface area contributed by atoms with E-state index in [2.05, 4.69) is 10.1 Å². The summed E-state index contributed by atoms with van der Waals surface area (Å²) in [5, 5.41) is 3.83. The van der Waals surface area contributed by atoms with Crippen LogP contribution in [-0.2, 0) is 6.61 Å². The molecule has 0 spiro atoms. The molecular formula is C14H18FN3O2. The van der Waals surface area contributed by atoms with Gasteiger partial charge in [0, 0.05) is 17.5 Å². The van der Waals surface area contributed by atoms with E-state index in [0.717, 1.165) is 0 Å². The van der Waals surface area contributed by atoms with Gasteiger partial charge in [-0.1, -0.05) is 19.0 Å². The Balaban J connectivity index is 2.10. The summed E-state index contributed by atoms with van der Waals surface area (Å²) < 4.78 is 23.9. The van der Waals surface area contributed by atoms with Crippen LogP contribution in [0.15, 0.2) is 22.7 Å². The predicted molar refractivity (Wildman–Crippen MR) is 71.7 cm³/mol. The van der Waals surface area contributed by atoms with E-state index in [9.17, 15) is 4.39 Å². The molecule has 0 saturated carbocycles. The Labute approximate surface area is 116 Å². The van der Waals surface area contributed by atoms with Crippen molar-refractivity contribution in [3.63, 3.8) is 0 Å². The highest BCUT2D eigenvalue weighted by Crippen LogP contribution is 2.25. The Morgan fingerprint density at radius 1 is 1.35 bits per heavy atom. The lowest BCUT2D eigenvalue weighted by atomic mass is 10.1. The second-order valence-electron chi connectivity index (χ2n) is 4.96. The van der Waals surface area contributed by atoms with Crippen molar-refractivity contribution < 1.29 is 13.7 Å². The van der Waals surface area contributed by atoms with E-state index in [1.165, 1.54) is 12.1 Å². The summed E-state index contributed by atoms with van der Waals surface area (Å²) in [4.78, 5) is 4.21. The van der Waals surface area contributed by atoms with Gasteiger partial charge in [-0.05, 0) is 25.1 Å². The molecule has 0 fully saturated rings. The van der Waals surface area contributed by atoms with Gasteiger partial charge in [-0.25, -0.2) is 4.39 Å². The summed E-state index contributed by atoms with van der Waals surface area (Å²) in [6.07, 6.45) is 0. The van der Waals surface area contributed by atoms with Crippen LogP contribution >= 0.6 is 0 Å². The summed E-state index contributed by atoms with van der Waals surface area (Å²) in [5.74, 6) is 1.37. The van der Waals surface area contributed by atoms with E-state index in [1.807, 2.05) is 13.8 Å². The fourth-order valence-corrected chi connectivity index (χ4v) is 1.71. The normalized spacial score (nSPS) is 12.7. The van der Waals surface area contributed by atoms with Gasteiger partial charge in [0.2, 0.25) is 11.7 Å². The molecule has 108 valence electrons. The number of ether oxygens (including phenoxy) is 1. The van der Waals surface area contributed by atoms with Crippen molar-refractivity contribution in [2.45, 2.75) is 39.3 Å². The van der Waals surface area contributed by atoms with Crippen molar-refractivity contribution in [2.24, 2.45) is 5.73 Å². The number of hydrogen-bond acceptors (Lipinski definition) is 5. The van der Waals surface area contributed by atoms with Crippen molar-refractivity contribution in [1.29, 1.82) is 0 Å². The summed E-state index contributed by atoms with van der Waals surface area (Å²) in [7, 11) is 0. The van der Waals surface area contributed by atoms with Gasteiger partial charge < -0.3 is 15.0 Å². The van der Waals surface area contributed by atoms with Crippen LogP contribution in [0.25, 0.3) is 0 Å². The highest BCUT2D eigenvalue weighted by atomic mass is 19.1. The summed E-state index contributed by atoms with van der Waals surface area (Å²) in [5.41, 5.74) is 6.41. The minimum absolute atomic E-state index is 0.154. The molecular weight excluding hydrogens is 261 g/mol. The van der Waals surface area contributed by atoms with E-state index < -0.39 is 0 Å². The first-order valence-corrected chi connectivity index (χ1v) is 6.47. The molecule has 0 radical (unpaired) electrons. The van der Waals surface area contributed by atoms with Crippen molar-refractivity contribution in [1.82, 2.24) is 10.1 Å². The average molecular weight is 279 g/mol. The van der Waals surface area contributed by atoms with Gasteiger partial charge in [-0.2, -0.15) is 4.98 Å². The van der Waals surface area contributed by atoms with Crippen molar-refractivity contribution in [3.8, 4) is 5.75 Å². The molecule has 2 N–H and O–H groups in total. The third kappa shape index (κ3) is 3.33. The molecule has 20 heavy (non-hydrogen) atoms. The van der Waals surface area contributed by atoms with Crippen LogP contribution in [0, 0.1) is 5.82 Å². The van der Waals surface area contributed by atoms with E-state index in [-0.39, 0.29) is 24.4 Å². The molecule has 1 aromatic carbocycles. The minimum Gasteiger partial charge on any atom is -0.485 e. The molecule has 1 heterocycles. The fourth-order valence-electron chi connectivity index (χ4n) is 1.71. The zero-order chi connectivity index (χ0) is 14.7. The molecule has 0 aliphatic carbocycles. The van der Waals surface area contributed by atoms with Crippen LogP contribution in [0.2, 0.25) is 0 Å². The lowest BCUT2D eigenvalue weighted by Gasteiger charge is -2.12.